The summed E-state index contributed by atoms with van der Waals surface area (Å²) in [7, 11) is 0. The summed E-state index contributed by atoms with van der Waals surface area (Å²) in [5.74, 6) is 1.14. The molecule has 4 nitrogen and oxygen atoms in total. The molecule has 1 heterocycles. The van der Waals surface area contributed by atoms with Crippen molar-refractivity contribution in [3.8, 4) is 0 Å². The van der Waals surface area contributed by atoms with Gasteiger partial charge < -0.3 is 15.0 Å². The van der Waals surface area contributed by atoms with Crippen molar-refractivity contribution in [1.82, 2.24) is 14.9 Å². The Bertz CT molecular complexity index is 400. The van der Waals surface area contributed by atoms with Crippen LogP contribution in [0.25, 0.3) is 0 Å². The van der Waals surface area contributed by atoms with E-state index in [0.29, 0.717) is 0 Å². The number of fused-ring (bicyclic) bond motifs is 1. The van der Waals surface area contributed by atoms with E-state index in [1.165, 1.54) is 30.7 Å². The van der Waals surface area contributed by atoms with Gasteiger partial charge in [0.05, 0.1) is 12.3 Å². The second kappa shape index (κ2) is 7.06. The van der Waals surface area contributed by atoms with Crippen LogP contribution >= 0.6 is 0 Å². The van der Waals surface area contributed by atoms with Gasteiger partial charge in [0.15, 0.2) is 0 Å². The molecule has 1 aliphatic rings. The SMILES string of the molecule is CCCNC(CO)CCn1c(C)nc2c1CCCC2. The average molecular weight is 265 g/mol. The monoisotopic (exact) mass is 265 g/mol. The van der Waals surface area contributed by atoms with Crippen LogP contribution in [0.5, 0.6) is 0 Å². The Labute approximate surface area is 116 Å². The van der Waals surface area contributed by atoms with Crippen molar-refractivity contribution in [3.63, 3.8) is 0 Å². The lowest BCUT2D eigenvalue weighted by atomic mass is 10.0. The van der Waals surface area contributed by atoms with Crippen molar-refractivity contribution in [2.75, 3.05) is 13.2 Å². The molecule has 4 heteroatoms. The van der Waals surface area contributed by atoms with Crippen molar-refractivity contribution in [2.45, 2.75) is 65.0 Å². The minimum atomic E-state index is 0.209. The second-order valence-electron chi connectivity index (χ2n) is 5.53. The first-order valence-corrected chi connectivity index (χ1v) is 7.65. The zero-order chi connectivity index (χ0) is 13.7. The standard InChI is InChI=1S/C15H27N3O/c1-3-9-16-13(11-19)8-10-18-12(2)17-14-6-4-5-7-15(14)18/h13,16,19H,3-11H2,1-2H3. The number of rotatable bonds is 7. The highest BCUT2D eigenvalue weighted by atomic mass is 16.3. The quantitative estimate of drug-likeness (QED) is 0.790. The van der Waals surface area contributed by atoms with E-state index >= 15 is 0 Å². The molecule has 0 bridgehead atoms. The number of hydrogen-bond acceptors (Lipinski definition) is 3. The van der Waals surface area contributed by atoms with E-state index in [2.05, 4.69) is 23.7 Å². The molecular formula is C15H27N3O. The predicted octanol–water partition coefficient (Wildman–Crippen LogP) is 1.82. The summed E-state index contributed by atoms with van der Waals surface area (Å²) in [5, 5.41) is 12.8. The number of nitrogens with one attached hydrogen (secondary N) is 1. The van der Waals surface area contributed by atoms with E-state index in [4.69, 9.17) is 4.98 Å². The summed E-state index contributed by atoms with van der Waals surface area (Å²) in [5.41, 5.74) is 2.75. The van der Waals surface area contributed by atoms with Crippen molar-refractivity contribution in [1.29, 1.82) is 0 Å². The number of hydrogen-bond donors (Lipinski definition) is 2. The van der Waals surface area contributed by atoms with Crippen molar-refractivity contribution >= 4 is 0 Å². The minimum absolute atomic E-state index is 0.209. The molecule has 1 atom stereocenters. The smallest absolute Gasteiger partial charge is 0.106 e. The molecule has 0 fully saturated rings. The Hall–Kier alpha value is -0.870. The predicted molar refractivity (Wildman–Crippen MR) is 77.4 cm³/mol. The Morgan fingerprint density at radius 3 is 2.89 bits per heavy atom. The zero-order valence-electron chi connectivity index (χ0n) is 12.3. The van der Waals surface area contributed by atoms with E-state index in [1.54, 1.807) is 0 Å². The first kappa shape index (κ1) is 14.5. The van der Waals surface area contributed by atoms with Gasteiger partial charge >= 0.3 is 0 Å². The van der Waals surface area contributed by atoms with Crippen LogP contribution in [-0.2, 0) is 19.4 Å². The molecule has 0 aliphatic heterocycles. The first-order chi connectivity index (χ1) is 9.26. The van der Waals surface area contributed by atoms with Gasteiger partial charge in [-0.05, 0) is 52.0 Å². The minimum Gasteiger partial charge on any atom is -0.395 e. The van der Waals surface area contributed by atoms with Crippen molar-refractivity contribution < 1.29 is 5.11 Å². The van der Waals surface area contributed by atoms with Gasteiger partial charge in [0.1, 0.15) is 5.82 Å². The van der Waals surface area contributed by atoms with Crippen LogP contribution in [0.1, 0.15) is 49.8 Å². The van der Waals surface area contributed by atoms with Gasteiger partial charge in [-0.25, -0.2) is 4.98 Å². The van der Waals surface area contributed by atoms with Gasteiger partial charge in [0, 0.05) is 18.3 Å². The molecule has 0 saturated carbocycles. The van der Waals surface area contributed by atoms with E-state index in [1.807, 2.05) is 0 Å². The fourth-order valence-corrected chi connectivity index (χ4v) is 2.92. The molecule has 108 valence electrons. The van der Waals surface area contributed by atoms with Crippen molar-refractivity contribution in [3.05, 3.63) is 17.2 Å². The molecule has 0 radical (unpaired) electrons. The van der Waals surface area contributed by atoms with Gasteiger partial charge in [0.25, 0.3) is 0 Å². The summed E-state index contributed by atoms with van der Waals surface area (Å²) in [6.07, 6.45) is 6.95. The molecule has 1 unspecified atom stereocenters. The lowest BCUT2D eigenvalue weighted by Crippen LogP contribution is -2.34. The summed E-state index contributed by atoms with van der Waals surface area (Å²) < 4.78 is 2.37. The molecule has 19 heavy (non-hydrogen) atoms. The highest BCUT2D eigenvalue weighted by Crippen LogP contribution is 2.22. The van der Waals surface area contributed by atoms with Crippen LogP contribution in [0.15, 0.2) is 0 Å². The third kappa shape index (κ3) is 3.57. The largest absolute Gasteiger partial charge is 0.395 e. The van der Waals surface area contributed by atoms with E-state index < -0.39 is 0 Å². The zero-order valence-corrected chi connectivity index (χ0v) is 12.3. The maximum absolute atomic E-state index is 9.40. The molecule has 1 aromatic rings. The summed E-state index contributed by atoms with van der Waals surface area (Å²) in [6.45, 7) is 6.42. The molecule has 1 aliphatic carbocycles. The lowest BCUT2D eigenvalue weighted by Gasteiger charge is -2.19. The van der Waals surface area contributed by atoms with Crippen molar-refractivity contribution in [2.24, 2.45) is 0 Å². The van der Waals surface area contributed by atoms with E-state index in [0.717, 1.165) is 38.2 Å². The molecule has 0 aromatic carbocycles. The number of nitrogens with zero attached hydrogens (tertiary/aromatic N) is 2. The number of aromatic nitrogens is 2. The average Bonchev–Trinajstić information content (AvgIpc) is 2.75. The first-order valence-electron chi connectivity index (χ1n) is 7.65. The number of aliphatic hydroxyl groups excluding tert-OH is 1. The molecule has 1 aromatic heterocycles. The fourth-order valence-electron chi connectivity index (χ4n) is 2.92. The third-order valence-corrected chi connectivity index (χ3v) is 4.03. The molecular weight excluding hydrogens is 238 g/mol. The molecule has 0 spiro atoms. The Morgan fingerprint density at radius 1 is 1.37 bits per heavy atom. The Balaban J connectivity index is 1.96. The third-order valence-electron chi connectivity index (χ3n) is 4.03. The maximum Gasteiger partial charge on any atom is 0.106 e. The number of aryl methyl sites for hydroxylation is 2. The topological polar surface area (TPSA) is 50.1 Å². The molecule has 2 rings (SSSR count). The van der Waals surface area contributed by atoms with Gasteiger partial charge in [0.2, 0.25) is 0 Å². The van der Waals surface area contributed by atoms with Crippen LogP contribution in [0.3, 0.4) is 0 Å². The van der Waals surface area contributed by atoms with Gasteiger partial charge in [-0.15, -0.1) is 0 Å². The normalized spacial score (nSPS) is 16.4. The second-order valence-corrected chi connectivity index (χ2v) is 5.53. The lowest BCUT2D eigenvalue weighted by molar-refractivity contribution is 0.231. The highest BCUT2D eigenvalue weighted by molar-refractivity contribution is 5.19. The van der Waals surface area contributed by atoms with E-state index in [9.17, 15) is 5.11 Å². The summed E-state index contributed by atoms with van der Waals surface area (Å²) in [6, 6.07) is 0.209. The van der Waals surface area contributed by atoms with Crippen LogP contribution in [0, 0.1) is 6.92 Å². The molecule has 2 N–H and O–H groups in total. The summed E-state index contributed by atoms with van der Waals surface area (Å²) >= 11 is 0. The maximum atomic E-state index is 9.40. The van der Waals surface area contributed by atoms with Crippen LogP contribution < -0.4 is 5.32 Å². The van der Waals surface area contributed by atoms with Crippen LogP contribution in [0.4, 0.5) is 0 Å². The highest BCUT2D eigenvalue weighted by Gasteiger charge is 2.18. The van der Waals surface area contributed by atoms with Gasteiger partial charge in [-0.1, -0.05) is 6.92 Å². The van der Waals surface area contributed by atoms with Gasteiger partial charge in [-0.2, -0.15) is 0 Å². The van der Waals surface area contributed by atoms with Gasteiger partial charge in [-0.3, -0.25) is 0 Å². The van der Waals surface area contributed by atoms with Crippen LogP contribution in [-0.4, -0.2) is 33.9 Å². The molecule has 0 saturated heterocycles. The fraction of sp³-hybridized carbons (Fsp3) is 0.800. The number of aliphatic hydroxyl groups is 1. The Morgan fingerprint density at radius 2 is 2.16 bits per heavy atom. The number of imidazole rings is 1. The molecule has 0 amide bonds. The van der Waals surface area contributed by atoms with Crippen LogP contribution in [0.2, 0.25) is 0 Å². The summed E-state index contributed by atoms with van der Waals surface area (Å²) in [4.78, 5) is 4.70. The Kier molecular flexibility index (Phi) is 5.40. The van der Waals surface area contributed by atoms with E-state index in [-0.39, 0.29) is 12.6 Å².